The SMILES string of the molecule is CC/C=C\C/C=C\C/C=C\C/C=C\CCCCCCCCCCCCCCC(=O)OC(COCCCCCCCCCCC)COC1OC(CO)C(O)C(OS(=O)(=O)O)C1O. The third-order valence-corrected chi connectivity index (χ3v) is 11.2. The third-order valence-electron chi connectivity index (χ3n) is 10.7. The molecule has 0 bridgehead atoms. The molecule has 1 heterocycles. The summed E-state index contributed by atoms with van der Waals surface area (Å²) < 4.78 is 59.0. The molecule has 1 saturated heterocycles. The molecule has 6 unspecified atom stereocenters. The Balaban J connectivity index is 2.29. The maximum atomic E-state index is 12.8. The highest BCUT2D eigenvalue weighted by Crippen LogP contribution is 2.26. The monoisotopic (exact) mass is 887 g/mol. The van der Waals surface area contributed by atoms with Gasteiger partial charge in [0, 0.05) is 13.0 Å². The number of aliphatic hydroxyl groups excluding tert-OH is 3. The van der Waals surface area contributed by atoms with E-state index in [1.165, 1.54) is 96.3 Å². The van der Waals surface area contributed by atoms with Gasteiger partial charge in [0.15, 0.2) is 6.29 Å². The standard InChI is InChI=1S/C48H86O12S/c1-3-5-7-9-11-13-14-15-16-17-18-19-20-21-22-23-24-25-26-27-28-29-31-33-35-37-44(50)58-42(40-56-38-36-34-32-30-12-10-8-6-4-2)41-57-48-46(52)47(60-61(53,54)55)45(51)43(39-49)59-48/h5,7,11,13,15-16,18-19,42-43,45-49,51-52H,3-4,6,8-10,12,14,17,20-41H2,1-2H3,(H,53,54,55)/b7-5-,13-11-,16-15-,19-18-. The van der Waals surface area contributed by atoms with Gasteiger partial charge in [-0.15, -0.1) is 0 Å². The van der Waals surface area contributed by atoms with Gasteiger partial charge in [0.1, 0.15) is 30.5 Å². The highest BCUT2D eigenvalue weighted by molar-refractivity contribution is 7.80. The van der Waals surface area contributed by atoms with Crippen molar-refractivity contribution in [2.24, 2.45) is 0 Å². The zero-order chi connectivity index (χ0) is 44.7. The van der Waals surface area contributed by atoms with Crippen molar-refractivity contribution in [3.63, 3.8) is 0 Å². The Morgan fingerprint density at radius 1 is 0.639 bits per heavy atom. The topological polar surface area (TPSA) is 178 Å². The van der Waals surface area contributed by atoms with Crippen LogP contribution in [0.4, 0.5) is 0 Å². The molecular formula is C48H86O12S. The van der Waals surface area contributed by atoms with Crippen LogP contribution in [0.25, 0.3) is 0 Å². The van der Waals surface area contributed by atoms with E-state index in [-0.39, 0.29) is 19.6 Å². The van der Waals surface area contributed by atoms with E-state index in [0.717, 1.165) is 64.2 Å². The second-order valence-electron chi connectivity index (χ2n) is 16.3. The van der Waals surface area contributed by atoms with E-state index in [1.54, 1.807) is 0 Å². The van der Waals surface area contributed by atoms with Gasteiger partial charge in [-0.05, 0) is 51.4 Å². The average Bonchev–Trinajstić information content (AvgIpc) is 3.23. The minimum atomic E-state index is -5.06. The number of allylic oxidation sites excluding steroid dienone is 8. The van der Waals surface area contributed by atoms with Crippen molar-refractivity contribution in [3.05, 3.63) is 48.6 Å². The number of esters is 1. The molecule has 1 rings (SSSR count). The quantitative estimate of drug-likeness (QED) is 0.0198. The highest BCUT2D eigenvalue weighted by Gasteiger charge is 2.48. The largest absolute Gasteiger partial charge is 0.457 e. The van der Waals surface area contributed by atoms with E-state index >= 15 is 0 Å². The Bertz CT molecular complexity index is 1250. The predicted molar refractivity (Wildman–Crippen MR) is 243 cm³/mol. The lowest BCUT2D eigenvalue weighted by molar-refractivity contribution is -0.301. The van der Waals surface area contributed by atoms with Gasteiger partial charge in [0.2, 0.25) is 0 Å². The van der Waals surface area contributed by atoms with E-state index in [2.05, 4.69) is 66.6 Å². The number of rotatable bonds is 41. The molecule has 13 heteroatoms. The molecule has 0 saturated carbocycles. The summed E-state index contributed by atoms with van der Waals surface area (Å²) >= 11 is 0. The van der Waals surface area contributed by atoms with E-state index in [9.17, 15) is 28.5 Å². The zero-order valence-corrected chi connectivity index (χ0v) is 38.8. The molecule has 0 amide bonds. The first-order valence-electron chi connectivity index (χ1n) is 23.9. The molecule has 0 aromatic rings. The van der Waals surface area contributed by atoms with Gasteiger partial charge >= 0.3 is 16.4 Å². The van der Waals surface area contributed by atoms with E-state index in [1.807, 2.05) is 0 Å². The smallest absolute Gasteiger partial charge is 0.397 e. The van der Waals surface area contributed by atoms with E-state index in [4.69, 9.17) is 23.5 Å². The molecule has 1 fully saturated rings. The Labute approximate surface area is 370 Å². The van der Waals surface area contributed by atoms with Crippen molar-refractivity contribution < 1.29 is 56.2 Å². The Hall–Kier alpha value is -1.94. The maximum Gasteiger partial charge on any atom is 0.397 e. The van der Waals surface area contributed by atoms with Gasteiger partial charge in [-0.2, -0.15) is 8.42 Å². The van der Waals surface area contributed by atoms with Crippen LogP contribution in [0, 0.1) is 0 Å². The van der Waals surface area contributed by atoms with Gasteiger partial charge < -0.3 is 34.3 Å². The summed E-state index contributed by atoms with van der Waals surface area (Å²) in [5, 5.41) is 30.6. The first-order valence-corrected chi connectivity index (χ1v) is 25.3. The second-order valence-corrected chi connectivity index (χ2v) is 17.4. The molecule has 1 aliphatic heterocycles. The number of carbonyl (C=O) groups is 1. The van der Waals surface area contributed by atoms with Gasteiger partial charge in [-0.3, -0.25) is 9.35 Å². The molecule has 1 aliphatic rings. The van der Waals surface area contributed by atoms with Gasteiger partial charge in [-0.25, -0.2) is 4.18 Å². The van der Waals surface area contributed by atoms with Crippen LogP contribution in [0.5, 0.6) is 0 Å². The van der Waals surface area contributed by atoms with Crippen molar-refractivity contribution in [1.29, 1.82) is 0 Å². The minimum absolute atomic E-state index is 0.0363. The van der Waals surface area contributed by atoms with Crippen LogP contribution in [0.15, 0.2) is 48.6 Å². The van der Waals surface area contributed by atoms with Crippen molar-refractivity contribution in [3.8, 4) is 0 Å². The number of hydrogen-bond acceptors (Lipinski definition) is 11. The Morgan fingerprint density at radius 3 is 1.66 bits per heavy atom. The number of hydrogen-bond donors (Lipinski definition) is 4. The number of carbonyl (C=O) groups excluding carboxylic acids is 1. The van der Waals surface area contributed by atoms with Crippen LogP contribution in [0.2, 0.25) is 0 Å². The second kappa shape index (κ2) is 39.6. The fourth-order valence-corrected chi connectivity index (χ4v) is 7.64. The number of aliphatic hydroxyl groups is 3. The molecule has 12 nitrogen and oxygen atoms in total. The molecule has 0 aliphatic carbocycles. The van der Waals surface area contributed by atoms with Crippen molar-refractivity contribution in [2.75, 3.05) is 26.4 Å². The molecule has 0 aromatic heterocycles. The van der Waals surface area contributed by atoms with Crippen LogP contribution in [0.1, 0.15) is 187 Å². The highest BCUT2D eigenvalue weighted by atomic mass is 32.3. The lowest BCUT2D eigenvalue weighted by atomic mass is 9.99. The molecule has 6 atom stereocenters. The summed E-state index contributed by atoms with van der Waals surface area (Å²) in [5.74, 6) is -0.403. The van der Waals surface area contributed by atoms with E-state index in [0.29, 0.717) is 13.0 Å². The maximum absolute atomic E-state index is 12.8. The first kappa shape index (κ1) is 57.1. The van der Waals surface area contributed by atoms with Crippen molar-refractivity contribution in [2.45, 2.75) is 224 Å². The minimum Gasteiger partial charge on any atom is -0.457 e. The van der Waals surface area contributed by atoms with E-state index < -0.39 is 59.8 Å². The summed E-state index contributed by atoms with van der Waals surface area (Å²) in [6.07, 6.45) is 38.7. The summed E-state index contributed by atoms with van der Waals surface area (Å²) in [7, 11) is -5.06. The molecule has 0 radical (unpaired) electrons. The average molecular weight is 887 g/mol. The third kappa shape index (κ3) is 33.3. The lowest BCUT2D eigenvalue weighted by Gasteiger charge is -2.41. The van der Waals surface area contributed by atoms with Crippen LogP contribution in [0.3, 0.4) is 0 Å². The van der Waals surface area contributed by atoms with Crippen LogP contribution in [-0.2, 0) is 38.3 Å². The Morgan fingerprint density at radius 2 is 1.13 bits per heavy atom. The zero-order valence-electron chi connectivity index (χ0n) is 38.0. The molecular weight excluding hydrogens is 801 g/mol. The van der Waals surface area contributed by atoms with Gasteiger partial charge in [0.25, 0.3) is 0 Å². The summed E-state index contributed by atoms with van der Waals surface area (Å²) in [6.45, 7) is 3.86. The fraction of sp³-hybridized carbons (Fsp3) is 0.812. The van der Waals surface area contributed by atoms with Crippen LogP contribution < -0.4 is 0 Å². The molecule has 0 spiro atoms. The predicted octanol–water partition coefficient (Wildman–Crippen LogP) is 10.4. The first-order chi connectivity index (χ1) is 29.6. The summed E-state index contributed by atoms with van der Waals surface area (Å²) in [4.78, 5) is 12.8. The molecule has 61 heavy (non-hydrogen) atoms. The lowest BCUT2D eigenvalue weighted by Crippen LogP contribution is -2.60. The number of ether oxygens (including phenoxy) is 4. The Kier molecular flexibility index (Phi) is 37.1. The number of unbranched alkanes of at least 4 members (excludes halogenated alkanes) is 20. The fourth-order valence-electron chi connectivity index (χ4n) is 7.13. The molecule has 4 N–H and O–H groups in total. The normalized spacial score (nSPS) is 20.5. The van der Waals surface area contributed by atoms with Gasteiger partial charge in [0.05, 0.1) is 19.8 Å². The van der Waals surface area contributed by atoms with Crippen LogP contribution >= 0.6 is 0 Å². The van der Waals surface area contributed by atoms with Crippen molar-refractivity contribution >= 4 is 16.4 Å². The molecule has 356 valence electrons. The molecule has 0 aromatic carbocycles. The summed E-state index contributed by atoms with van der Waals surface area (Å²) in [6, 6.07) is 0. The summed E-state index contributed by atoms with van der Waals surface area (Å²) in [5.41, 5.74) is 0. The van der Waals surface area contributed by atoms with Crippen LogP contribution in [-0.4, -0.2) is 97.5 Å². The van der Waals surface area contributed by atoms with Gasteiger partial charge in [-0.1, -0.05) is 178 Å². The van der Waals surface area contributed by atoms with Crippen molar-refractivity contribution in [1.82, 2.24) is 0 Å².